The minimum atomic E-state index is -0.889. The van der Waals surface area contributed by atoms with Crippen LogP contribution in [-0.4, -0.2) is 23.9 Å². The van der Waals surface area contributed by atoms with Crippen molar-refractivity contribution in [1.82, 2.24) is 0 Å². The molecule has 6 heteroatoms. The molecule has 4 rings (SSSR count). The van der Waals surface area contributed by atoms with Crippen LogP contribution in [0.15, 0.2) is 58.5 Å². The predicted molar refractivity (Wildman–Crippen MR) is 131 cm³/mol. The average molecular weight is 460 g/mol. The molecular weight excluding hydrogens is 430 g/mol. The zero-order chi connectivity index (χ0) is 24.7. The first-order valence-electron chi connectivity index (χ1n) is 11.3. The molecule has 0 bridgehead atoms. The predicted octanol–water partition coefficient (Wildman–Crippen LogP) is 5.96. The van der Waals surface area contributed by atoms with Crippen molar-refractivity contribution in [2.24, 2.45) is 0 Å². The van der Waals surface area contributed by atoms with Gasteiger partial charge in [0.05, 0.1) is 12.7 Å². The van der Waals surface area contributed by atoms with Crippen molar-refractivity contribution in [2.45, 2.75) is 46.6 Å². The highest BCUT2D eigenvalue weighted by Crippen LogP contribution is 2.44. The number of anilines is 1. The Labute approximate surface area is 199 Å². The van der Waals surface area contributed by atoms with Crippen LogP contribution in [0.3, 0.4) is 0 Å². The van der Waals surface area contributed by atoms with E-state index in [-0.39, 0.29) is 17.3 Å². The van der Waals surface area contributed by atoms with Crippen LogP contribution < -0.4 is 9.64 Å². The maximum atomic E-state index is 13.3. The van der Waals surface area contributed by atoms with Crippen LogP contribution in [0.2, 0.25) is 0 Å². The second kappa shape index (κ2) is 8.86. The number of aryl methyl sites for hydroxylation is 3. The van der Waals surface area contributed by atoms with Crippen molar-refractivity contribution in [3.05, 3.63) is 87.9 Å². The number of Topliss-reactive ketones (excluding diaryl/α,β-unsaturated/α-hetero) is 1. The summed E-state index contributed by atoms with van der Waals surface area (Å²) in [5, 5.41) is 11.4. The smallest absolute Gasteiger partial charge is 0.300 e. The Bertz CT molecular complexity index is 1310. The summed E-state index contributed by atoms with van der Waals surface area (Å²) in [5.41, 5.74) is 3.82. The molecule has 2 heterocycles. The fraction of sp³-hybridized carbons (Fsp3) is 0.286. The van der Waals surface area contributed by atoms with Gasteiger partial charge >= 0.3 is 0 Å². The van der Waals surface area contributed by atoms with Crippen molar-refractivity contribution in [1.29, 1.82) is 0 Å². The van der Waals surface area contributed by atoms with Gasteiger partial charge in [-0.25, -0.2) is 0 Å². The Hall–Kier alpha value is -3.80. The van der Waals surface area contributed by atoms with Crippen LogP contribution in [-0.2, 0) is 9.59 Å². The van der Waals surface area contributed by atoms with Crippen molar-refractivity contribution in [2.75, 3.05) is 12.0 Å². The van der Waals surface area contributed by atoms with E-state index in [9.17, 15) is 14.7 Å². The standard InChI is InChI=1S/C28H29NO5/c1-15(2)20-14-19(9-12-22(20)33-6)26(30)24-25(23-11-8-18(5)34-23)29(28(32)27(24)31)21-10-7-16(3)13-17(21)4/h7-15,25,30H,1-6H3/b26-24-. The fourth-order valence-corrected chi connectivity index (χ4v) is 4.51. The number of methoxy groups -OCH3 is 1. The number of carbonyl (C=O) groups is 2. The summed E-state index contributed by atoms with van der Waals surface area (Å²) < 4.78 is 11.3. The summed E-state index contributed by atoms with van der Waals surface area (Å²) in [6, 6.07) is 13.6. The summed E-state index contributed by atoms with van der Waals surface area (Å²) in [5.74, 6) is 0.186. The number of hydrogen-bond donors (Lipinski definition) is 1. The third-order valence-corrected chi connectivity index (χ3v) is 6.21. The van der Waals surface area contributed by atoms with Gasteiger partial charge in [-0.15, -0.1) is 0 Å². The normalized spacial score (nSPS) is 17.6. The van der Waals surface area contributed by atoms with Gasteiger partial charge in [-0.2, -0.15) is 0 Å². The Kier molecular flexibility index (Phi) is 6.09. The number of carbonyl (C=O) groups excluding carboxylic acids is 2. The number of rotatable bonds is 5. The Morgan fingerprint density at radius 1 is 1.03 bits per heavy atom. The van der Waals surface area contributed by atoms with Crippen LogP contribution in [0.5, 0.6) is 5.75 Å². The number of amides is 1. The lowest BCUT2D eigenvalue weighted by Gasteiger charge is -2.25. The maximum Gasteiger partial charge on any atom is 0.300 e. The molecule has 1 fully saturated rings. The molecule has 1 N–H and O–H groups in total. The molecule has 6 nitrogen and oxygen atoms in total. The summed E-state index contributed by atoms with van der Waals surface area (Å²) >= 11 is 0. The van der Waals surface area contributed by atoms with Gasteiger partial charge in [-0.3, -0.25) is 14.5 Å². The van der Waals surface area contributed by atoms with E-state index in [1.807, 2.05) is 45.9 Å². The zero-order valence-electron chi connectivity index (χ0n) is 20.3. The quantitative estimate of drug-likeness (QED) is 0.289. The van der Waals surface area contributed by atoms with Crippen LogP contribution in [0.25, 0.3) is 5.76 Å². The number of ketones is 1. The third kappa shape index (κ3) is 3.89. The molecule has 1 unspecified atom stereocenters. The van der Waals surface area contributed by atoms with Crippen LogP contribution in [0, 0.1) is 20.8 Å². The SMILES string of the molecule is COc1ccc(/C(O)=C2/C(=O)C(=O)N(c3ccc(C)cc3C)C2c2ccc(C)o2)cc1C(C)C. The Morgan fingerprint density at radius 3 is 2.35 bits per heavy atom. The van der Waals surface area contributed by atoms with Crippen LogP contribution in [0.1, 0.15) is 59.6 Å². The van der Waals surface area contributed by atoms with Crippen molar-refractivity contribution in [3.8, 4) is 5.75 Å². The first-order valence-corrected chi connectivity index (χ1v) is 11.3. The van der Waals surface area contributed by atoms with Gasteiger partial charge in [0, 0.05) is 11.3 Å². The van der Waals surface area contributed by atoms with Gasteiger partial charge in [-0.1, -0.05) is 31.5 Å². The highest BCUT2D eigenvalue weighted by Gasteiger charge is 2.48. The lowest BCUT2D eigenvalue weighted by molar-refractivity contribution is -0.132. The molecule has 1 aromatic heterocycles. The molecule has 1 atom stereocenters. The number of aliphatic hydroxyl groups is 1. The van der Waals surface area contributed by atoms with Gasteiger partial charge in [0.1, 0.15) is 29.1 Å². The van der Waals surface area contributed by atoms with Crippen molar-refractivity contribution < 1.29 is 23.8 Å². The van der Waals surface area contributed by atoms with E-state index in [0.29, 0.717) is 28.5 Å². The second-order valence-corrected chi connectivity index (χ2v) is 9.02. The summed E-state index contributed by atoms with van der Waals surface area (Å²) in [4.78, 5) is 28.1. The molecular formula is C28H29NO5. The maximum absolute atomic E-state index is 13.3. The molecule has 3 aromatic rings. The summed E-state index contributed by atoms with van der Waals surface area (Å²) in [6.45, 7) is 9.70. The van der Waals surface area contributed by atoms with Gasteiger partial charge in [0.25, 0.3) is 11.7 Å². The number of ether oxygens (including phenoxy) is 1. The molecule has 2 aromatic carbocycles. The minimum Gasteiger partial charge on any atom is -0.507 e. The topological polar surface area (TPSA) is 80.0 Å². The lowest BCUT2D eigenvalue weighted by Crippen LogP contribution is -2.30. The van der Waals surface area contributed by atoms with E-state index >= 15 is 0 Å². The van der Waals surface area contributed by atoms with Crippen molar-refractivity contribution >= 4 is 23.1 Å². The van der Waals surface area contributed by atoms with Gasteiger partial charge in [0.15, 0.2) is 0 Å². The summed E-state index contributed by atoms with van der Waals surface area (Å²) in [6.07, 6.45) is 0. The van der Waals surface area contributed by atoms with E-state index in [4.69, 9.17) is 9.15 Å². The highest BCUT2D eigenvalue weighted by molar-refractivity contribution is 6.51. The molecule has 1 aliphatic rings. The summed E-state index contributed by atoms with van der Waals surface area (Å²) in [7, 11) is 1.59. The molecule has 1 saturated heterocycles. The average Bonchev–Trinajstić information content (AvgIpc) is 3.34. The van der Waals surface area contributed by atoms with Gasteiger partial charge < -0.3 is 14.3 Å². The van der Waals surface area contributed by atoms with E-state index in [0.717, 1.165) is 16.7 Å². The Balaban J connectivity index is 1.95. The second-order valence-electron chi connectivity index (χ2n) is 9.02. The zero-order valence-corrected chi connectivity index (χ0v) is 20.3. The Morgan fingerprint density at radius 2 is 1.76 bits per heavy atom. The minimum absolute atomic E-state index is 0.000743. The van der Waals surface area contributed by atoms with Crippen LogP contribution >= 0.6 is 0 Å². The third-order valence-electron chi connectivity index (χ3n) is 6.21. The molecule has 176 valence electrons. The van der Waals surface area contributed by atoms with E-state index < -0.39 is 17.7 Å². The number of benzene rings is 2. The van der Waals surface area contributed by atoms with E-state index in [1.165, 1.54) is 4.90 Å². The number of nitrogens with zero attached hydrogens (tertiary/aromatic N) is 1. The molecule has 34 heavy (non-hydrogen) atoms. The fourth-order valence-electron chi connectivity index (χ4n) is 4.51. The monoisotopic (exact) mass is 459 g/mol. The molecule has 1 aliphatic heterocycles. The molecule has 0 spiro atoms. The molecule has 0 radical (unpaired) electrons. The highest BCUT2D eigenvalue weighted by atomic mass is 16.5. The van der Waals surface area contributed by atoms with E-state index in [1.54, 1.807) is 44.4 Å². The molecule has 0 aliphatic carbocycles. The van der Waals surface area contributed by atoms with Crippen LogP contribution in [0.4, 0.5) is 5.69 Å². The number of hydrogen-bond acceptors (Lipinski definition) is 5. The molecule has 0 saturated carbocycles. The van der Waals surface area contributed by atoms with E-state index in [2.05, 4.69) is 0 Å². The number of furan rings is 1. The van der Waals surface area contributed by atoms with Crippen molar-refractivity contribution in [3.63, 3.8) is 0 Å². The van der Waals surface area contributed by atoms with Gasteiger partial charge in [0.2, 0.25) is 0 Å². The first-order chi connectivity index (χ1) is 16.1. The first kappa shape index (κ1) is 23.4. The molecule has 1 amide bonds. The largest absolute Gasteiger partial charge is 0.507 e. The van der Waals surface area contributed by atoms with Gasteiger partial charge in [-0.05, 0) is 74.2 Å². The lowest BCUT2D eigenvalue weighted by atomic mass is 9.95. The number of aliphatic hydroxyl groups excluding tert-OH is 1.